The molecule has 10 unspecified atom stereocenters. The Labute approximate surface area is 189 Å². The second kappa shape index (κ2) is 7.10. The number of carbonyl (C=O) groups is 1. The Morgan fingerprint density at radius 1 is 1.19 bits per heavy atom. The highest BCUT2D eigenvalue weighted by molar-refractivity contribution is 7.99. The average molecular weight is 451 g/mol. The van der Waals surface area contributed by atoms with Crippen molar-refractivity contribution in [3.05, 3.63) is 0 Å². The summed E-state index contributed by atoms with van der Waals surface area (Å²) < 4.78 is 7.35. The average Bonchev–Trinajstić information content (AvgIpc) is 3.08. The first-order valence-corrected chi connectivity index (χ1v) is 13.3. The van der Waals surface area contributed by atoms with Crippen LogP contribution in [0.1, 0.15) is 59.8 Å². The summed E-state index contributed by atoms with van der Waals surface area (Å²) in [7, 11) is 0. The fourth-order valence-corrected chi connectivity index (χ4v) is 9.53. The highest BCUT2D eigenvalue weighted by Crippen LogP contribution is 2.68. The molecule has 6 nitrogen and oxygen atoms in total. The molecule has 0 aromatic carbocycles. The molecule has 2 aliphatic heterocycles. The first-order valence-electron chi connectivity index (χ1n) is 12.0. The fourth-order valence-electron chi connectivity index (χ4n) is 8.54. The van der Waals surface area contributed by atoms with Crippen LogP contribution in [-0.4, -0.2) is 57.8 Å². The zero-order valence-electron chi connectivity index (χ0n) is 19.4. The van der Waals surface area contributed by atoms with Crippen molar-refractivity contribution in [2.24, 2.45) is 45.6 Å². The van der Waals surface area contributed by atoms with Crippen LogP contribution < -0.4 is 5.32 Å². The number of nitrogens with zero attached hydrogens (tertiary/aromatic N) is 1. The zero-order chi connectivity index (χ0) is 22.3. The van der Waals surface area contributed by atoms with Gasteiger partial charge in [-0.15, -0.1) is 0 Å². The molecule has 5 rings (SSSR count). The topological polar surface area (TPSA) is 91.2 Å². The van der Waals surface area contributed by atoms with Gasteiger partial charge in [0, 0.05) is 35.0 Å². The molecule has 31 heavy (non-hydrogen) atoms. The van der Waals surface area contributed by atoms with Crippen molar-refractivity contribution in [2.75, 3.05) is 12.8 Å². The van der Waals surface area contributed by atoms with Crippen LogP contribution >= 0.6 is 11.8 Å². The number of fused-ring (bicyclic) bond motifs is 3. The number of hydrogen-bond acceptors (Lipinski definition) is 6. The lowest BCUT2D eigenvalue weighted by molar-refractivity contribution is -0.318. The van der Waals surface area contributed by atoms with Gasteiger partial charge in [-0.3, -0.25) is 4.79 Å². The second-order valence-corrected chi connectivity index (χ2v) is 12.8. The Hall–Kier alpha value is -0.790. The molecule has 5 aliphatic rings. The molecule has 7 heteroatoms. The summed E-state index contributed by atoms with van der Waals surface area (Å²) in [6, 6.07) is 0. The quantitative estimate of drug-likeness (QED) is 0.421. The minimum absolute atomic E-state index is 0.0623. The number of aliphatic hydroxyl groups is 1. The number of ether oxygens (including phenoxy) is 1. The first kappa shape index (κ1) is 22.0. The summed E-state index contributed by atoms with van der Waals surface area (Å²) in [5.74, 6) is 0.893. The molecular formula is C24H38N2O4S. The molecule has 0 bridgehead atoms. The molecule has 174 valence electrons. The molecule has 0 aromatic rings. The number of thioether (sulfide) groups is 1. The summed E-state index contributed by atoms with van der Waals surface area (Å²) >= 11 is 1.75. The molecule has 3 aliphatic carbocycles. The number of aliphatic hydroxyl groups excluding tert-OH is 1. The maximum Gasteiger partial charge on any atom is 0.223 e. The van der Waals surface area contributed by atoms with E-state index in [1.165, 1.54) is 0 Å². The van der Waals surface area contributed by atoms with Gasteiger partial charge in [-0.05, 0) is 55.6 Å². The van der Waals surface area contributed by atoms with E-state index in [-0.39, 0.29) is 57.4 Å². The molecular weight excluding hydrogens is 412 g/mol. The Morgan fingerprint density at radius 3 is 2.61 bits per heavy atom. The third kappa shape index (κ3) is 2.72. The molecule has 1 amide bonds. The van der Waals surface area contributed by atoms with Crippen LogP contribution in [-0.2, 0) is 9.53 Å². The molecule has 10 atom stereocenters. The van der Waals surface area contributed by atoms with Crippen LogP contribution in [0.3, 0.4) is 0 Å². The van der Waals surface area contributed by atoms with Crippen molar-refractivity contribution < 1.29 is 19.8 Å². The number of hydrogen-bond donors (Lipinski definition) is 3. The molecule has 2 saturated heterocycles. The SMILES string of the molecule is CSC1CC23OC4C(CC2(C)C(C)CCC3C(C)(C)C1=NO)C(O)CC1C(=O)NCC14. The van der Waals surface area contributed by atoms with E-state index in [0.717, 1.165) is 31.4 Å². The molecule has 0 aromatic heterocycles. The number of amides is 1. The molecule has 1 spiro atoms. The number of rotatable bonds is 1. The normalized spacial score (nSPS) is 54.4. The van der Waals surface area contributed by atoms with Crippen LogP contribution in [0.15, 0.2) is 5.16 Å². The minimum atomic E-state index is -0.487. The van der Waals surface area contributed by atoms with Crippen molar-refractivity contribution >= 4 is 23.4 Å². The Balaban J connectivity index is 1.63. The van der Waals surface area contributed by atoms with Crippen LogP contribution in [0, 0.1) is 40.4 Å². The van der Waals surface area contributed by atoms with Crippen LogP contribution in [0.25, 0.3) is 0 Å². The molecule has 3 N–H and O–H groups in total. The molecule has 3 saturated carbocycles. The zero-order valence-corrected chi connectivity index (χ0v) is 20.2. The van der Waals surface area contributed by atoms with E-state index >= 15 is 0 Å². The van der Waals surface area contributed by atoms with Gasteiger partial charge in [0.15, 0.2) is 0 Å². The summed E-state index contributed by atoms with van der Waals surface area (Å²) in [5, 5.41) is 28.0. The third-order valence-corrected chi connectivity index (χ3v) is 11.4. The Morgan fingerprint density at radius 2 is 1.94 bits per heavy atom. The van der Waals surface area contributed by atoms with Gasteiger partial charge >= 0.3 is 0 Å². The van der Waals surface area contributed by atoms with E-state index in [0.29, 0.717) is 18.9 Å². The molecule has 0 radical (unpaired) electrons. The van der Waals surface area contributed by atoms with Crippen LogP contribution in [0.4, 0.5) is 0 Å². The minimum Gasteiger partial charge on any atom is -0.411 e. The van der Waals surface area contributed by atoms with E-state index in [2.05, 4.69) is 44.4 Å². The van der Waals surface area contributed by atoms with Gasteiger partial charge in [0.05, 0.1) is 23.5 Å². The van der Waals surface area contributed by atoms with E-state index in [9.17, 15) is 15.1 Å². The van der Waals surface area contributed by atoms with Crippen LogP contribution in [0.2, 0.25) is 0 Å². The predicted molar refractivity (Wildman–Crippen MR) is 121 cm³/mol. The highest BCUT2D eigenvalue weighted by atomic mass is 32.2. The van der Waals surface area contributed by atoms with E-state index in [4.69, 9.17) is 4.74 Å². The Kier molecular flexibility index (Phi) is 5.05. The van der Waals surface area contributed by atoms with E-state index < -0.39 is 6.10 Å². The largest absolute Gasteiger partial charge is 0.411 e. The molecule has 2 heterocycles. The third-order valence-electron chi connectivity index (χ3n) is 10.4. The number of carbonyl (C=O) groups excluding carboxylic acids is 1. The van der Waals surface area contributed by atoms with Gasteiger partial charge < -0.3 is 20.4 Å². The van der Waals surface area contributed by atoms with Crippen molar-refractivity contribution in [3.8, 4) is 0 Å². The highest BCUT2D eigenvalue weighted by Gasteiger charge is 2.71. The summed E-state index contributed by atoms with van der Waals surface area (Å²) in [6.07, 6.45) is 6.02. The van der Waals surface area contributed by atoms with Crippen molar-refractivity contribution in [1.82, 2.24) is 5.32 Å². The standard InChI is InChI=1S/C24H38N2O4S/c1-12-6-7-18-22(2,3)20(26-29)17(31-5)10-24(18)23(12,4)9-14-16(27)8-13-15(19(14)30-24)11-25-21(13)28/h12-19,27,29H,6-11H2,1-5H3,(H,25,28). The Bertz CT molecular complexity index is 802. The monoisotopic (exact) mass is 450 g/mol. The first-order chi connectivity index (χ1) is 14.6. The summed E-state index contributed by atoms with van der Waals surface area (Å²) in [5.41, 5.74) is 0.209. The van der Waals surface area contributed by atoms with E-state index in [1.54, 1.807) is 11.8 Å². The second-order valence-electron chi connectivity index (χ2n) is 11.7. The lowest BCUT2D eigenvalue weighted by Gasteiger charge is -2.70. The lowest BCUT2D eigenvalue weighted by Crippen LogP contribution is -2.74. The predicted octanol–water partition coefficient (Wildman–Crippen LogP) is 3.30. The van der Waals surface area contributed by atoms with Crippen molar-refractivity contribution in [3.63, 3.8) is 0 Å². The number of oxime groups is 1. The maximum absolute atomic E-state index is 12.5. The lowest BCUT2D eigenvalue weighted by atomic mass is 9.42. The van der Waals surface area contributed by atoms with Gasteiger partial charge in [-0.1, -0.05) is 32.9 Å². The summed E-state index contributed by atoms with van der Waals surface area (Å²) in [6.45, 7) is 9.86. The smallest absolute Gasteiger partial charge is 0.223 e. The number of nitrogens with one attached hydrogen (secondary N) is 1. The van der Waals surface area contributed by atoms with Gasteiger partial charge in [0.1, 0.15) is 0 Å². The van der Waals surface area contributed by atoms with Gasteiger partial charge in [0.2, 0.25) is 5.91 Å². The van der Waals surface area contributed by atoms with Gasteiger partial charge in [-0.25, -0.2) is 0 Å². The van der Waals surface area contributed by atoms with E-state index in [1.807, 2.05) is 0 Å². The maximum atomic E-state index is 12.5. The van der Waals surface area contributed by atoms with Gasteiger partial charge in [-0.2, -0.15) is 11.8 Å². The fraction of sp³-hybridized carbons (Fsp3) is 0.917. The van der Waals surface area contributed by atoms with Gasteiger partial charge in [0.25, 0.3) is 0 Å². The van der Waals surface area contributed by atoms with Crippen molar-refractivity contribution in [2.45, 2.75) is 82.9 Å². The van der Waals surface area contributed by atoms with Crippen LogP contribution in [0.5, 0.6) is 0 Å². The van der Waals surface area contributed by atoms with Crippen molar-refractivity contribution in [1.29, 1.82) is 0 Å². The summed E-state index contributed by atoms with van der Waals surface area (Å²) in [4.78, 5) is 12.5. The molecule has 5 fully saturated rings.